The normalized spacial score (nSPS) is 18.8. The average molecular weight is 441 g/mol. The number of Topliss-reactive ketones (excluding diaryl/α,β-unsaturated/α-hetero) is 1. The Morgan fingerprint density at radius 3 is 2.24 bits per heavy atom. The Morgan fingerprint density at radius 2 is 1.53 bits per heavy atom. The van der Waals surface area contributed by atoms with E-state index in [-0.39, 0.29) is 5.78 Å². The van der Waals surface area contributed by atoms with Gasteiger partial charge in [-0.3, -0.25) is 9.79 Å². The van der Waals surface area contributed by atoms with Crippen molar-refractivity contribution < 1.29 is 4.79 Å². The summed E-state index contributed by atoms with van der Waals surface area (Å²) in [6, 6.07) is 29.8. The quantitative estimate of drug-likeness (QED) is 0.401. The predicted octanol–water partition coefficient (Wildman–Crippen LogP) is 5.84. The van der Waals surface area contributed by atoms with E-state index in [1.807, 2.05) is 103 Å². The van der Waals surface area contributed by atoms with Gasteiger partial charge in [-0.05, 0) is 19.1 Å². The molecule has 0 spiro atoms. The van der Waals surface area contributed by atoms with Gasteiger partial charge in [-0.15, -0.1) is 0 Å². The van der Waals surface area contributed by atoms with Gasteiger partial charge in [0.05, 0.1) is 29.1 Å². The van der Waals surface area contributed by atoms with Gasteiger partial charge in [-0.1, -0.05) is 72.8 Å². The van der Waals surface area contributed by atoms with E-state index in [9.17, 15) is 10.1 Å². The maximum absolute atomic E-state index is 13.6. The number of carbonyl (C=O) groups is 1. The number of aromatic nitrogens is 2. The van der Waals surface area contributed by atoms with Crippen molar-refractivity contribution in [3.05, 3.63) is 113 Å². The molecule has 0 N–H and O–H groups in total. The highest BCUT2D eigenvalue weighted by Crippen LogP contribution is 2.49. The topological polar surface area (TPSA) is 71.0 Å². The zero-order valence-corrected chi connectivity index (χ0v) is 18.5. The van der Waals surface area contributed by atoms with Crippen molar-refractivity contribution >= 4 is 17.2 Å². The molecule has 0 amide bonds. The van der Waals surface area contributed by atoms with Gasteiger partial charge in [0.15, 0.2) is 5.78 Å². The zero-order valence-electron chi connectivity index (χ0n) is 18.5. The number of nitrogens with zero attached hydrogens (tertiary/aromatic N) is 4. The van der Waals surface area contributed by atoms with Crippen LogP contribution in [0.25, 0.3) is 22.6 Å². The molecular formula is C29H20N4O. The molecule has 34 heavy (non-hydrogen) atoms. The smallest absolute Gasteiger partial charge is 0.192 e. The van der Waals surface area contributed by atoms with E-state index in [4.69, 9.17) is 10.1 Å². The van der Waals surface area contributed by atoms with Gasteiger partial charge < -0.3 is 0 Å². The summed E-state index contributed by atoms with van der Waals surface area (Å²) in [7, 11) is 0. The molecule has 0 fully saturated rings. The molecule has 3 aromatic carbocycles. The Kier molecular flexibility index (Phi) is 4.60. The maximum atomic E-state index is 13.6. The lowest BCUT2D eigenvalue weighted by Crippen LogP contribution is -2.26. The minimum atomic E-state index is -0.562. The summed E-state index contributed by atoms with van der Waals surface area (Å²) in [6.45, 7) is 1.87. The standard InChI is InChI=1S/C29H20N4O/c1-18-23(16-30)25(26-28(31-18)21-14-8-9-15-22(21)29(26)34)24-17-33(20-12-6-3-7-13-20)32-27(24)19-10-4-2-5-11-19/h2-15,17,23,25H,1H3. The third-order valence-corrected chi connectivity index (χ3v) is 6.59. The molecule has 2 heterocycles. The van der Waals surface area contributed by atoms with E-state index in [1.54, 1.807) is 0 Å². The Labute approximate surface area is 197 Å². The van der Waals surface area contributed by atoms with Crippen molar-refractivity contribution in [2.24, 2.45) is 10.9 Å². The molecule has 5 nitrogen and oxygen atoms in total. The van der Waals surface area contributed by atoms with Gasteiger partial charge in [0.25, 0.3) is 0 Å². The second kappa shape index (κ2) is 7.79. The molecule has 2 aliphatic rings. The molecule has 1 aliphatic heterocycles. The molecule has 162 valence electrons. The second-order valence-corrected chi connectivity index (χ2v) is 8.55. The summed E-state index contributed by atoms with van der Waals surface area (Å²) < 4.78 is 1.83. The number of fused-ring (bicyclic) bond motifs is 2. The van der Waals surface area contributed by atoms with E-state index in [1.165, 1.54) is 0 Å². The zero-order chi connectivity index (χ0) is 23.2. The van der Waals surface area contributed by atoms with Crippen LogP contribution < -0.4 is 0 Å². The number of hydrogen-bond donors (Lipinski definition) is 0. The molecule has 5 heteroatoms. The van der Waals surface area contributed by atoms with Crippen molar-refractivity contribution in [1.29, 1.82) is 5.26 Å². The maximum Gasteiger partial charge on any atom is 0.192 e. The molecule has 2 atom stereocenters. The van der Waals surface area contributed by atoms with Gasteiger partial charge in [-0.25, -0.2) is 4.68 Å². The molecule has 1 aromatic heterocycles. The average Bonchev–Trinajstić information content (AvgIpc) is 3.45. The number of rotatable bonds is 3. The highest BCUT2D eigenvalue weighted by molar-refractivity contribution is 6.23. The summed E-state index contributed by atoms with van der Waals surface area (Å²) in [5.74, 6) is -1.09. The predicted molar refractivity (Wildman–Crippen MR) is 132 cm³/mol. The van der Waals surface area contributed by atoms with Crippen molar-refractivity contribution in [2.75, 3.05) is 0 Å². The van der Waals surface area contributed by atoms with Crippen molar-refractivity contribution in [2.45, 2.75) is 12.8 Å². The fourth-order valence-corrected chi connectivity index (χ4v) is 5.00. The van der Waals surface area contributed by atoms with E-state index in [0.717, 1.165) is 28.1 Å². The van der Waals surface area contributed by atoms with Crippen molar-refractivity contribution in [3.8, 4) is 23.0 Å². The number of para-hydroxylation sites is 1. The van der Waals surface area contributed by atoms with E-state index in [2.05, 4.69) is 6.07 Å². The summed E-state index contributed by atoms with van der Waals surface area (Å²) >= 11 is 0. The van der Waals surface area contributed by atoms with Crippen LogP contribution >= 0.6 is 0 Å². The van der Waals surface area contributed by atoms with E-state index >= 15 is 0 Å². The summed E-state index contributed by atoms with van der Waals surface area (Å²) in [6.07, 6.45) is 1.96. The van der Waals surface area contributed by atoms with Crippen LogP contribution in [0.15, 0.2) is 102 Å². The third kappa shape index (κ3) is 2.96. The van der Waals surface area contributed by atoms with Gasteiger partial charge in [0.2, 0.25) is 0 Å². The monoisotopic (exact) mass is 440 g/mol. The number of ketones is 1. The molecule has 0 saturated heterocycles. The van der Waals surface area contributed by atoms with Gasteiger partial charge in [-0.2, -0.15) is 10.4 Å². The Bertz CT molecular complexity index is 1540. The Morgan fingerprint density at radius 1 is 0.882 bits per heavy atom. The first kappa shape index (κ1) is 20.1. The molecule has 0 radical (unpaired) electrons. The van der Waals surface area contributed by atoms with Gasteiger partial charge >= 0.3 is 0 Å². The van der Waals surface area contributed by atoms with Crippen LogP contribution in [0, 0.1) is 17.2 Å². The first-order valence-corrected chi connectivity index (χ1v) is 11.2. The first-order chi connectivity index (χ1) is 16.7. The summed E-state index contributed by atoms with van der Waals surface area (Å²) in [5.41, 5.74) is 6.92. The molecule has 6 rings (SSSR count). The van der Waals surface area contributed by atoms with E-state index < -0.39 is 11.8 Å². The van der Waals surface area contributed by atoms with Gasteiger partial charge in [0, 0.05) is 45.7 Å². The highest BCUT2D eigenvalue weighted by atomic mass is 16.1. The summed E-state index contributed by atoms with van der Waals surface area (Å²) in [4.78, 5) is 18.4. The van der Waals surface area contributed by atoms with Crippen molar-refractivity contribution in [1.82, 2.24) is 9.78 Å². The fourth-order valence-electron chi connectivity index (χ4n) is 5.00. The van der Waals surface area contributed by atoms with Crippen LogP contribution in [0.4, 0.5) is 0 Å². The molecule has 4 aromatic rings. The van der Waals surface area contributed by atoms with Crippen molar-refractivity contribution in [3.63, 3.8) is 0 Å². The lowest BCUT2D eigenvalue weighted by Gasteiger charge is -2.27. The van der Waals surface area contributed by atoms with Crippen LogP contribution in [-0.2, 0) is 0 Å². The minimum absolute atomic E-state index is 0.0569. The SMILES string of the molecule is CC1=NC2=C(C(=O)c3ccccc32)C(c2cn(-c3ccccc3)nc2-c2ccccc2)C1C#N. The van der Waals surface area contributed by atoms with Crippen LogP contribution in [0.1, 0.15) is 34.3 Å². The second-order valence-electron chi connectivity index (χ2n) is 8.55. The number of hydrogen-bond acceptors (Lipinski definition) is 4. The Balaban J connectivity index is 1.62. The number of allylic oxidation sites excluding steroid dienone is 1. The molecule has 1 aliphatic carbocycles. The largest absolute Gasteiger partial charge is 0.289 e. The van der Waals surface area contributed by atoms with Crippen LogP contribution in [0.5, 0.6) is 0 Å². The number of nitriles is 1. The third-order valence-electron chi connectivity index (χ3n) is 6.59. The number of benzene rings is 3. The van der Waals surface area contributed by atoms with Gasteiger partial charge in [0.1, 0.15) is 0 Å². The first-order valence-electron chi connectivity index (χ1n) is 11.2. The highest BCUT2D eigenvalue weighted by Gasteiger charge is 2.44. The Hall–Kier alpha value is -4.56. The van der Waals surface area contributed by atoms with Crippen LogP contribution in [-0.4, -0.2) is 21.3 Å². The number of carbonyl (C=O) groups excluding carboxylic acids is 1. The summed E-state index contributed by atoms with van der Waals surface area (Å²) in [5, 5.41) is 15.2. The lowest BCUT2D eigenvalue weighted by molar-refractivity contribution is 0.103. The van der Waals surface area contributed by atoms with Crippen LogP contribution in [0.3, 0.4) is 0 Å². The lowest BCUT2D eigenvalue weighted by atomic mass is 9.75. The molecule has 0 saturated carbocycles. The molecular weight excluding hydrogens is 420 g/mol. The molecule has 0 bridgehead atoms. The minimum Gasteiger partial charge on any atom is -0.289 e. The van der Waals surface area contributed by atoms with E-state index in [0.29, 0.717) is 22.5 Å². The fraction of sp³-hybridized carbons (Fsp3) is 0.103. The number of aliphatic imine (C=N–C) groups is 1. The molecule has 2 unspecified atom stereocenters. The van der Waals surface area contributed by atoms with Crippen LogP contribution in [0.2, 0.25) is 0 Å².